The van der Waals surface area contributed by atoms with E-state index in [0.717, 1.165) is 60.3 Å². The molecule has 4 rings (SSSR count). The van der Waals surface area contributed by atoms with E-state index in [9.17, 15) is 4.79 Å². The van der Waals surface area contributed by atoms with E-state index in [1.165, 1.54) is 0 Å². The number of hydrogen-bond acceptors (Lipinski definition) is 4. The van der Waals surface area contributed by atoms with Crippen LogP contribution < -0.4 is 15.0 Å². The van der Waals surface area contributed by atoms with Gasteiger partial charge in [-0.3, -0.25) is 4.79 Å². The Labute approximate surface area is 165 Å². The fourth-order valence-corrected chi connectivity index (χ4v) is 4.00. The van der Waals surface area contributed by atoms with Crippen LogP contribution in [0.2, 0.25) is 0 Å². The summed E-state index contributed by atoms with van der Waals surface area (Å²) in [5, 5.41) is 5.41. The maximum Gasteiger partial charge on any atom is 0.245 e. The molecule has 1 aromatic heterocycles. The molecule has 1 aliphatic rings. The predicted molar refractivity (Wildman–Crippen MR) is 111 cm³/mol. The maximum absolute atomic E-state index is 12.9. The van der Waals surface area contributed by atoms with Crippen LogP contribution in [-0.2, 0) is 4.79 Å². The molecule has 0 radical (unpaired) electrons. The average molecular weight is 382 g/mol. The number of quaternary nitrogens is 1. The van der Waals surface area contributed by atoms with Crippen molar-refractivity contribution in [1.29, 1.82) is 0 Å². The highest BCUT2D eigenvalue weighted by Crippen LogP contribution is 2.36. The SMILES string of the molecule is CC[NH+]1CCN(C(=O)[C@H](C)Nc2cc3oc4ccccc4c3cc2OC)CC1. The van der Waals surface area contributed by atoms with E-state index in [-0.39, 0.29) is 11.9 Å². The molecule has 148 valence electrons. The van der Waals surface area contributed by atoms with Crippen molar-refractivity contribution >= 4 is 33.5 Å². The molecule has 1 saturated heterocycles. The van der Waals surface area contributed by atoms with E-state index < -0.39 is 0 Å². The number of methoxy groups -OCH3 is 1. The number of hydrogen-bond donors (Lipinski definition) is 2. The molecule has 0 aliphatic carbocycles. The van der Waals surface area contributed by atoms with Gasteiger partial charge in [0.15, 0.2) is 0 Å². The molecule has 6 nitrogen and oxygen atoms in total. The first kappa shape index (κ1) is 18.6. The summed E-state index contributed by atoms with van der Waals surface area (Å²) in [5.74, 6) is 0.834. The number of carbonyl (C=O) groups is 1. The Bertz CT molecular complexity index is 989. The molecule has 1 fully saturated rings. The van der Waals surface area contributed by atoms with Crippen LogP contribution in [0.1, 0.15) is 13.8 Å². The third-order valence-electron chi connectivity index (χ3n) is 5.72. The minimum absolute atomic E-state index is 0.127. The van der Waals surface area contributed by atoms with Crippen molar-refractivity contribution in [2.24, 2.45) is 0 Å². The number of likely N-dealkylation sites (N-methyl/N-ethyl adjacent to an activating group) is 1. The fourth-order valence-electron chi connectivity index (χ4n) is 4.00. The number of nitrogens with zero attached hydrogens (tertiary/aromatic N) is 1. The molecular weight excluding hydrogens is 354 g/mol. The maximum atomic E-state index is 12.9. The van der Waals surface area contributed by atoms with Gasteiger partial charge in [-0.15, -0.1) is 0 Å². The summed E-state index contributed by atoms with van der Waals surface area (Å²) in [6.07, 6.45) is 0. The molecule has 0 bridgehead atoms. The van der Waals surface area contributed by atoms with Crippen molar-refractivity contribution in [3.63, 3.8) is 0 Å². The lowest BCUT2D eigenvalue weighted by Crippen LogP contribution is -3.14. The molecule has 2 heterocycles. The van der Waals surface area contributed by atoms with Crippen molar-refractivity contribution in [3.05, 3.63) is 36.4 Å². The number of nitrogens with one attached hydrogen (secondary N) is 2. The standard InChI is InChI=1S/C22H27N3O3/c1-4-24-9-11-25(12-10-24)22(26)15(2)23-18-14-20-17(13-21(18)27-3)16-7-5-6-8-19(16)28-20/h5-8,13-15,23H,4,9-12H2,1-3H3/p+1/t15-/m0/s1. The van der Waals surface area contributed by atoms with Crippen LogP contribution in [0.5, 0.6) is 5.75 Å². The van der Waals surface area contributed by atoms with Gasteiger partial charge in [0.1, 0.15) is 23.0 Å². The van der Waals surface area contributed by atoms with Gasteiger partial charge in [0.25, 0.3) is 0 Å². The van der Waals surface area contributed by atoms with E-state index in [2.05, 4.69) is 12.2 Å². The highest BCUT2D eigenvalue weighted by molar-refractivity contribution is 6.06. The van der Waals surface area contributed by atoms with E-state index in [4.69, 9.17) is 9.15 Å². The predicted octanol–water partition coefficient (Wildman–Crippen LogP) is 2.14. The van der Waals surface area contributed by atoms with Crippen molar-refractivity contribution in [1.82, 2.24) is 4.90 Å². The number of carbonyl (C=O) groups excluding carboxylic acids is 1. The van der Waals surface area contributed by atoms with Gasteiger partial charge in [0.2, 0.25) is 5.91 Å². The lowest BCUT2D eigenvalue weighted by atomic mass is 10.1. The van der Waals surface area contributed by atoms with E-state index >= 15 is 0 Å². The monoisotopic (exact) mass is 382 g/mol. The van der Waals surface area contributed by atoms with Crippen molar-refractivity contribution in [2.75, 3.05) is 45.2 Å². The quantitative estimate of drug-likeness (QED) is 0.710. The summed E-state index contributed by atoms with van der Waals surface area (Å²) >= 11 is 0. The smallest absolute Gasteiger partial charge is 0.245 e. The summed E-state index contributed by atoms with van der Waals surface area (Å²) in [4.78, 5) is 16.4. The number of ether oxygens (including phenoxy) is 1. The molecule has 6 heteroatoms. The Morgan fingerprint density at radius 3 is 2.68 bits per heavy atom. The normalized spacial score (nSPS) is 16.5. The zero-order valence-corrected chi connectivity index (χ0v) is 16.7. The van der Waals surface area contributed by atoms with Crippen LogP contribution in [0, 0.1) is 0 Å². The molecule has 2 N–H and O–H groups in total. The summed E-state index contributed by atoms with van der Waals surface area (Å²) in [7, 11) is 1.65. The van der Waals surface area contributed by atoms with Gasteiger partial charge in [0.05, 0.1) is 45.5 Å². The van der Waals surface area contributed by atoms with E-state index in [0.29, 0.717) is 5.75 Å². The molecular formula is C22H28N3O3+. The second-order valence-electron chi connectivity index (χ2n) is 7.44. The topological polar surface area (TPSA) is 59.2 Å². The molecule has 1 aliphatic heterocycles. The first-order valence-corrected chi connectivity index (χ1v) is 9.99. The van der Waals surface area contributed by atoms with Crippen LogP contribution >= 0.6 is 0 Å². The second kappa shape index (κ2) is 7.72. The van der Waals surface area contributed by atoms with Crippen LogP contribution in [0.4, 0.5) is 5.69 Å². The highest BCUT2D eigenvalue weighted by atomic mass is 16.5. The van der Waals surface area contributed by atoms with Crippen LogP contribution in [0.25, 0.3) is 21.9 Å². The van der Waals surface area contributed by atoms with Gasteiger partial charge < -0.3 is 24.3 Å². The molecule has 0 spiro atoms. The number of furan rings is 1. The largest absolute Gasteiger partial charge is 0.495 e. The van der Waals surface area contributed by atoms with E-state index in [1.54, 1.807) is 12.0 Å². The third-order valence-corrected chi connectivity index (χ3v) is 5.72. The second-order valence-corrected chi connectivity index (χ2v) is 7.44. The molecule has 1 amide bonds. The lowest BCUT2D eigenvalue weighted by molar-refractivity contribution is -0.902. The Morgan fingerprint density at radius 1 is 1.21 bits per heavy atom. The zero-order valence-electron chi connectivity index (χ0n) is 16.7. The number of fused-ring (bicyclic) bond motifs is 3. The Morgan fingerprint density at radius 2 is 1.96 bits per heavy atom. The number of amides is 1. The molecule has 1 atom stereocenters. The summed E-state index contributed by atoms with van der Waals surface area (Å²) in [6, 6.07) is 11.5. The van der Waals surface area contributed by atoms with E-state index in [1.807, 2.05) is 48.2 Å². The zero-order chi connectivity index (χ0) is 19.7. The van der Waals surface area contributed by atoms with Crippen LogP contribution in [-0.4, -0.2) is 56.7 Å². The Balaban J connectivity index is 1.56. The molecule has 0 unspecified atom stereocenters. The number of para-hydroxylation sites is 1. The molecule has 28 heavy (non-hydrogen) atoms. The average Bonchev–Trinajstić information content (AvgIpc) is 3.10. The summed E-state index contributed by atoms with van der Waals surface area (Å²) < 4.78 is 11.6. The first-order chi connectivity index (χ1) is 13.6. The van der Waals surface area contributed by atoms with Gasteiger partial charge in [-0.05, 0) is 26.0 Å². The number of benzene rings is 2. The van der Waals surface area contributed by atoms with Gasteiger partial charge >= 0.3 is 0 Å². The Kier molecular flexibility index (Phi) is 5.13. The molecule has 0 saturated carbocycles. The van der Waals surface area contributed by atoms with Gasteiger partial charge in [-0.2, -0.15) is 0 Å². The van der Waals surface area contributed by atoms with Gasteiger partial charge in [-0.25, -0.2) is 0 Å². The van der Waals surface area contributed by atoms with Crippen molar-refractivity contribution in [3.8, 4) is 5.75 Å². The van der Waals surface area contributed by atoms with Crippen LogP contribution in [0.15, 0.2) is 40.8 Å². The third kappa shape index (κ3) is 3.40. The number of anilines is 1. The van der Waals surface area contributed by atoms with Gasteiger partial charge in [0, 0.05) is 16.8 Å². The molecule has 2 aromatic carbocycles. The summed E-state index contributed by atoms with van der Waals surface area (Å²) in [5.41, 5.74) is 2.40. The fraction of sp³-hybridized carbons (Fsp3) is 0.409. The van der Waals surface area contributed by atoms with Crippen LogP contribution in [0.3, 0.4) is 0 Å². The molecule has 3 aromatic rings. The number of rotatable bonds is 5. The lowest BCUT2D eigenvalue weighted by Gasteiger charge is -2.33. The highest BCUT2D eigenvalue weighted by Gasteiger charge is 2.27. The van der Waals surface area contributed by atoms with Gasteiger partial charge in [-0.1, -0.05) is 18.2 Å². The van der Waals surface area contributed by atoms with Crippen molar-refractivity contribution in [2.45, 2.75) is 19.9 Å². The Hall–Kier alpha value is -2.73. The first-order valence-electron chi connectivity index (χ1n) is 9.99. The number of piperazine rings is 1. The van der Waals surface area contributed by atoms with Crippen molar-refractivity contribution < 1.29 is 18.8 Å². The minimum Gasteiger partial charge on any atom is -0.495 e. The summed E-state index contributed by atoms with van der Waals surface area (Å²) in [6.45, 7) is 8.87. The minimum atomic E-state index is -0.334.